The summed E-state index contributed by atoms with van der Waals surface area (Å²) in [6, 6.07) is 5.77. The van der Waals surface area contributed by atoms with Crippen LogP contribution in [0.4, 0.5) is 0 Å². The third kappa shape index (κ3) is 3.68. The first-order valence-corrected chi connectivity index (χ1v) is 8.20. The number of nitrogens with zero attached hydrogens (tertiary/aromatic N) is 3. The van der Waals surface area contributed by atoms with E-state index in [-0.39, 0.29) is 0 Å². The van der Waals surface area contributed by atoms with Gasteiger partial charge in [0.1, 0.15) is 11.6 Å². The van der Waals surface area contributed by atoms with Gasteiger partial charge < -0.3 is 15.3 Å². The lowest BCUT2D eigenvalue weighted by molar-refractivity contribution is 0.148. The Labute approximate surface area is 138 Å². The molecule has 0 spiro atoms. The van der Waals surface area contributed by atoms with E-state index in [4.69, 9.17) is 0 Å². The molecule has 1 saturated heterocycles. The fourth-order valence-electron chi connectivity index (χ4n) is 2.65. The fourth-order valence-corrected chi connectivity index (χ4v) is 3.21. The Morgan fingerprint density at radius 3 is 2.76 bits per heavy atom. The molecule has 21 heavy (non-hydrogen) atoms. The second kappa shape index (κ2) is 6.65. The highest BCUT2D eigenvalue weighted by molar-refractivity contribution is 14.1. The van der Waals surface area contributed by atoms with Crippen LogP contribution in [0.25, 0.3) is 0 Å². The highest BCUT2D eigenvalue weighted by atomic mass is 127. The van der Waals surface area contributed by atoms with Crippen molar-refractivity contribution in [2.75, 3.05) is 32.7 Å². The molecule has 0 atom stereocenters. The molecule has 0 saturated carbocycles. The molecule has 0 radical (unpaired) electrons. The summed E-state index contributed by atoms with van der Waals surface area (Å²) in [5, 5.41) is 13.2. The molecule has 0 amide bonds. The van der Waals surface area contributed by atoms with Gasteiger partial charge in [0.15, 0.2) is 0 Å². The van der Waals surface area contributed by atoms with Crippen molar-refractivity contribution in [3.63, 3.8) is 0 Å². The van der Waals surface area contributed by atoms with Gasteiger partial charge in [-0.1, -0.05) is 0 Å². The predicted octanol–water partition coefficient (Wildman–Crippen LogP) is 1.59. The first-order chi connectivity index (χ1) is 10.2. The predicted molar refractivity (Wildman–Crippen MR) is 92.3 cm³/mol. The summed E-state index contributed by atoms with van der Waals surface area (Å²) in [4.78, 5) is 8.88. The molecule has 1 fully saturated rings. The Bertz CT molecular complexity index is 565. The number of hydrogen-bond acceptors (Lipinski definition) is 5. The second-order valence-electron chi connectivity index (χ2n) is 5.26. The van der Waals surface area contributed by atoms with Gasteiger partial charge in [-0.2, -0.15) is 0 Å². The molecule has 6 heteroatoms. The van der Waals surface area contributed by atoms with Crippen LogP contribution in [0.15, 0.2) is 35.1 Å². The third-order valence-corrected chi connectivity index (χ3v) is 4.51. The van der Waals surface area contributed by atoms with E-state index >= 15 is 0 Å². The molecule has 2 aliphatic heterocycles. The van der Waals surface area contributed by atoms with E-state index in [0.717, 1.165) is 48.4 Å². The zero-order valence-electron chi connectivity index (χ0n) is 11.8. The standard InChI is InChI=1S/C15H19IN4O/c16-13-1-2-14(21)12(9-13)10-19-5-7-20(8-6-19)15-3-4-17-11-18-15/h1-3,9,11,21H,4-8,10H2,(H,17,18). The van der Waals surface area contributed by atoms with Crippen LogP contribution in [0.5, 0.6) is 5.75 Å². The quantitative estimate of drug-likeness (QED) is 0.760. The monoisotopic (exact) mass is 398 g/mol. The number of aromatic hydroxyl groups is 1. The van der Waals surface area contributed by atoms with Crippen molar-refractivity contribution in [1.29, 1.82) is 0 Å². The minimum absolute atomic E-state index is 0.394. The van der Waals surface area contributed by atoms with Crippen LogP contribution in [-0.4, -0.2) is 54.0 Å². The molecular formula is C15H19IN4O. The maximum absolute atomic E-state index is 9.95. The van der Waals surface area contributed by atoms with Crippen molar-refractivity contribution >= 4 is 28.9 Å². The summed E-state index contributed by atoms with van der Waals surface area (Å²) < 4.78 is 1.16. The molecule has 1 aromatic rings. The molecular weight excluding hydrogens is 379 g/mol. The van der Waals surface area contributed by atoms with Crippen molar-refractivity contribution in [1.82, 2.24) is 15.1 Å². The van der Waals surface area contributed by atoms with Crippen LogP contribution in [0.1, 0.15) is 5.56 Å². The molecule has 1 aromatic carbocycles. The fraction of sp³-hybridized carbons (Fsp3) is 0.400. The highest BCUT2D eigenvalue weighted by Gasteiger charge is 2.19. The first kappa shape index (κ1) is 14.6. The van der Waals surface area contributed by atoms with E-state index in [0.29, 0.717) is 5.75 Å². The number of aliphatic imine (C=N–C) groups is 1. The number of rotatable bonds is 3. The number of phenols is 1. The van der Waals surface area contributed by atoms with Crippen molar-refractivity contribution in [3.05, 3.63) is 39.2 Å². The van der Waals surface area contributed by atoms with Crippen molar-refractivity contribution in [3.8, 4) is 5.75 Å². The highest BCUT2D eigenvalue weighted by Crippen LogP contribution is 2.22. The summed E-state index contributed by atoms with van der Waals surface area (Å²) >= 11 is 2.28. The van der Waals surface area contributed by atoms with Gasteiger partial charge >= 0.3 is 0 Å². The molecule has 0 aliphatic carbocycles. The van der Waals surface area contributed by atoms with Gasteiger partial charge in [0.25, 0.3) is 0 Å². The largest absolute Gasteiger partial charge is 0.508 e. The smallest absolute Gasteiger partial charge is 0.120 e. The number of phenolic OH excluding ortho intramolecular Hbond substituents is 1. The van der Waals surface area contributed by atoms with Crippen LogP contribution in [-0.2, 0) is 6.54 Å². The molecule has 3 rings (SSSR count). The third-order valence-electron chi connectivity index (χ3n) is 3.84. The van der Waals surface area contributed by atoms with Gasteiger partial charge in [-0.15, -0.1) is 0 Å². The summed E-state index contributed by atoms with van der Waals surface area (Å²) in [7, 11) is 0. The molecule has 5 nitrogen and oxygen atoms in total. The Hall–Kier alpha value is -1.28. The Kier molecular flexibility index (Phi) is 4.64. The number of halogens is 1. The van der Waals surface area contributed by atoms with E-state index in [1.807, 2.05) is 6.07 Å². The van der Waals surface area contributed by atoms with E-state index in [1.54, 1.807) is 12.4 Å². The van der Waals surface area contributed by atoms with Gasteiger partial charge in [-0.05, 0) is 46.9 Å². The summed E-state index contributed by atoms with van der Waals surface area (Å²) in [6.45, 7) is 5.57. The van der Waals surface area contributed by atoms with Gasteiger partial charge in [-0.3, -0.25) is 9.89 Å². The van der Waals surface area contributed by atoms with Crippen LogP contribution in [0.3, 0.4) is 0 Å². The lowest BCUT2D eigenvalue weighted by atomic mass is 10.1. The minimum Gasteiger partial charge on any atom is -0.508 e. The minimum atomic E-state index is 0.394. The molecule has 0 unspecified atom stereocenters. The van der Waals surface area contributed by atoms with Crippen molar-refractivity contribution in [2.45, 2.75) is 6.54 Å². The number of piperazine rings is 1. The molecule has 2 N–H and O–H groups in total. The van der Waals surface area contributed by atoms with Gasteiger partial charge in [0.2, 0.25) is 0 Å². The maximum Gasteiger partial charge on any atom is 0.120 e. The number of nitrogens with one attached hydrogen (secondary N) is 1. The summed E-state index contributed by atoms with van der Waals surface area (Å²) in [6.07, 6.45) is 3.90. The average molecular weight is 398 g/mol. The van der Waals surface area contributed by atoms with Gasteiger partial charge in [0, 0.05) is 41.9 Å². The molecule has 0 bridgehead atoms. The normalized spacial score (nSPS) is 19.3. The SMILES string of the molecule is Oc1ccc(I)cc1CN1CCN(C2=CCN=CN2)CC1. The second-order valence-corrected chi connectivity index (χ2v) is 6.51. The Balaban J connectivity index is 1.56. The Morgan fingerprint density at radius 2 is 2.05 bits per heavy atom. The van der Waals surface area contributed by atoms with E-state index in [1.165, 1.54) is 5.82 Å². The van der Waals surface area contributed by atoms with Crippen LogP contribution >= 0.6 is 22.6 Å². The summed E-state index contributed by atoms with van der Waals surface area (Å²) in [5.41, 5.74) is 1.01. The van der Waals surface area contributed by atoms with Crippen LogP contribution < -0.4 is 5.32 Å². The topological polar surface area (TPSA) is 51.1 Å². The van der Waals surface area contributed by atoms with Crippen molar-refractivity contribution in [2.24, 2.45) is 4.99 Å². The van der Waals surface area contributed by atoms with Crippen molar-refractivity contribution < 1.29 is 5.11 Å². The molecule has 112 valence electrons. The van der Waals surface area contributed by atoms with E-state index < -0.39 is 0 Å². The lowest BCUT2D eigenvalue weighted by Crippen LogP contribution is -2.47. The van der Waals surface area contributed by atoms with Crippen LogP contribution in [0, 0.1) is 3.57 Å². The lowest BCUT2D eigenvalue weighted by Gasteiger charge is -2.37. The molecule has 2 aliphatic rings. The molecule has 0 aromatic heterocycles. The van der Waals surface area contributed by atoms with Gasteiger partial charge in [-0.25, -0.2) is 0 Å². The number of benzene rings is 1. The maximum atomic E-state index is 9.95. The average Bonchev–Trinajstić information content (AvgIpc) is 2.53. The summed E-state index contributed by atoms with van der Waals surface area (Å²) in [5.74, 6) is 1.56. The number of hydrogen-bond donors (Lipinski definition) is 2. The molecule has 2 heterocycles. The van der Waals surface area contributed by atoms with E-state index in [9.17, 15) is 5.11 Å². The zero-order valence-corrected chi connectivity index (χ0v) is 14.0. The Morgan fingerprint density at radius 1 is 1.24 bits per heavy atom. The first-order valence-electron chi connectivity index (χ1n) is 7.12. The van der Waals surface area contributed by atoms with Gasteiger partial charge in [0.05, 0.1) is 12.9 Å². The zero-order chi connectivity index (χ0) is 14.7. The van der Waals surface area contributed by atoms with Crippen LogP contribution in [0.2, 0.25) is 0 Å². The van der Waals surface area contributed by atoms with E-state index in [2.05, 4.69) is 54.8 Å².